The van der Waals surface area contributed by atoms with Gasteiger partial charge in [-0.15, -0.1) is 0 Å². The molecule has 0 saturated carbocycles. The molecular weight excluding hydrogens is 346 g/mol. The lowest BCUT2D eigenvalue weighted by Crippen LogP contribution is -2.31. The van der Waals surface area contributed by atoms with Crippen molar-refractivity contribution in [3.8, 4) is 5.75 Å². The van der Waals surface area contributed by atoms with E-state index in [0.717, 1.165) is 10.0 Å². The number of para-hydroxylation sites is 1. The minimum absolute atomic E-state index is 0.139. The number of hydrogen-bond donors (Lipinski definition) is 1. The number of amides is 1. The van der Waals surface area contributed by atoms with Crippen molar-refractivity contribution in [2.75, 3.05) is 6.61 Å². The van der Waals surface area contributed by atoms with Gasteiger partial charge in [-0.05, 0) is 30.7 Å². The molecular formula is C17H16BrNO3. The Balaban J connectivity index is 1.93. The summed E-state index contributed by atoms with van der Waals surface area (Å²) < 4.78 is 6.34. The predicted octanol–water partition coefficient (Wildman–Crippen LogP) is 3.52. The van der Waals surface area contributed by atoms with Crippen molar-refractivity contribution in [2.45, 2.75) is 13.0 Å². The number of aldehydes is 1. The van der Waals surface area contributed by atoms with E-state index in [4.69, 9.17) is 4.74 Å². The summed E-state index contributed by atoms with van der Waals surface area (Å²) in [6, 6.07) is 14.4. The second-order valence-electron chi connectivity index (χ2n) is 4.76. The molecule has 22 heavy (non-hydrogen) atoms. The quantitative estimate of drug-likeness (QED) is 0.800. The van der Waals surface area contributed by atoms with Crippen LogP contribution in [0.25, 0.3) is 0 Å². The van der Waals surface area contributed by atoms with Crippen LogP contribution >= 0.6 is 15.9 Å². The van der Waals surface area contributed by atoms with Crippen molar-refractivity contribution >= 4 is 28.1 Å². The molecule has 0 aliphatic rings. The molecule has 0 spiro atoms. The van der Waals surface area contributed by atoms with E-state index < -0.39 is 0 Å². The molecule has 2 rings (SSSR count). The smallest absolute Gasteiger partial charge is 0.258 e. The van der Waals surface area contributed by atoms with Crippen molar-refractivity contribution in [1.29, 1.82) is 0 Å². The zero-order chi connectivity index (χ0) is 15.9. The van der Waals surface area contributed by atoms with Gasteiger partial charge in [-0.2, -0.15) is 0 Å². The molecule has 0 unspecified atom stereocenters. The Hall–Kier alpha value is -2.14. The molecule has 5 heteroatoms. The monoisotopic (exact) mass is 361 g/mol. The molecule has 2 aromatic carbocycles. The van der Waals surface area contributed by atoms with Gasteiger partial charge in [0.15, 0.2) is 12.9 Å². The fourth-order valence-electron chi connectivity index (χ4n) is 2.04. The Morgan fingerprint density at radius 2 is 1.91 bits per heavy atom. The van der Waals surface area contributed by atoms with Crippen LogP contribution in [0.5, 0.6) is 5.75 Å². The van der Waals surface area contributed by atoms with Crippen molar-refractivity contribution in [3.05, 3.63) is 64.1 Å². The third-order valence-corrected chi connectivity index (χ3v) is 3.88. The molecule has 2 aromatic rings. The molecule has 1 amide bonds. The SMILES string of the molecule is C[C@H](NC(=O)COc1ccccc1C=O)c1ccccc1Br. The van der Waals surface area contributed by atoms with Gasteiger partial charge >= 0.3 is 0 Å². The maximum Gasteiger partial charge on any atom is 0.258 e. The summed E-state index contributed by atoms with van der Waals surface area (Å²) >= 11 is 3.46. The van der Waals surface area contributed by atoms with Gasteiger partial charge in [-0.25, -0.2) is 0 Å². The van der Waals surface area contributed by atoms with Crippen LogP contribution in [0.2, 0.25) is 0 Å². The lowest BCUT2D eigenvalue weighted by atomic mass is 10.1. The minimum Gasteiger partial charge on any atom is -0.483 e. The Morgan fingerprint density at radius 3 is 2.64 bits per heavy atom. The van der Waals surface area contributed by atoms with Crippen LogP contribution in [0.3, 0.4) is 0 Å². The summed E-state index contributed by atoms with van der Waals surface area (Å²) in [4.78, 5) is 22.9. The first-order valence-electron chi connectivity index (χ1n) is 6.82. The lowest BCUT2D eigenvalue weighted by molar-refractivity contribution is -0.123. The summed E-state index contributed by atoms with van der Waals surface area (Å²) in [5.74, 6) is 0.158. The van der Waals surface area contributed by atoms with E-state index in [1.54, 1.807) is 24.3 Å². The van der Waals surface area contributed by atoms with Crippen molar-refractivity contribution in [1.82, 2.24) is 5.32 Å². The van der Waals surface area contributed by atoms with Crippen LogP contribution in [0.1, 0.15) is 28.9 Å². The van der Waals surface area contributed by atoms with Crippen LogP contribution in [-0.2, 0) is 4.79 Å². The average molecular weight is 362 g/mol. The largest absolute Gasteiger partial charge is 0.483 e. The van der Waals surface area contributed by atoms with Gasteiger partial charge in [-0.1, -0.05) is 46.3 Å². The number of ether oxygens (including phenoxy) is 1. The van der Waals surface area contributed by atoms with Gasteiger partial charge < -0.3 is 10.1 Å². The first kappa shape index (κ1) is 16.2. The van der Waals surface area contributed by atoms with Gasteiger partial charge in [0.25, 0.3) is 5.91 Å². The lowest BCUT2D eigenvalue weighted by Gasteiger charge is -2.16. The van der Waals surface area contributed by atoms with E-state index in [1.165, 1.54) is 0 Å². The third kappa shape index (κ3) is 4.18. The molecule has 0 aliphatic carbocycles. The molecule has 0 saturated heterocycles. The van der Waals surface area contributed by atoms with E-state index in [1.807, 2.05) is 31.2 Å². The highest BCUT2D eigenvalue weighted by molar-refractivity contribution is 9.10. The molecule has 0 aliphatic heterocycles. The van der Waals surface area contributed by atoms with Crippen LogP contribution in [0.4, 0.5) is 0 Å². The maximum absolute atomic E-state index is 12.0. The molecule has 1 atom stereocenters. The highest BCUT2D eigenvalue weighted by Crippen LogP contribution is 2.22. The molecule has 0 radical (unpaired) electrons. The standard InChI is InChI=1S/C17H16BrNO3/c1-12(14-7-3-4-8-15(14)18)19-17(21)11-22-16-9-5-2-6-13(16)10-20/h2-10,12H,11H2,1H3,(H,19,21)/t12-/m0/s1. The van der Waals surface area contributed by atoms with E-state index in [2.05, 4.69) is 21.2 Å². The molecule has 0 aromatic heterocycles. The Morgan fingerprint density at radius 1 is 1.23 bits per heavy atom. The second kappa shape index (κ2) is 7.75. The average Bonchev–Trinajstić information content (AvgIpc) is 2.53. The van der Waals surface area contributed by atoms with E-state index in [-0.39, 0.29) is 18.6 Å². The highest BCUT2D eigenvalue weighted by atomic mass is 79.9. The molecule has 0 bridgehead atoms. The topological polar surface area (TPSA) is 55.4 Å². The number of halogens is 1. The van der Waals surface area contributed by atoms with Crippen LogP contribution in [-0.4, -0.2) is 18.8 Å². The third-order valence-electron chi connectivity index (χ3n) is 3.15. The summed E-state index contributed by atoms with van der Waals surface area (Å²) in [5, 5.41) is 2.86. The fraction of sp³-hybridized carbons (Fsp3) is 0.176. The number of nitrogens with one attached hydrogen (secondary N) is 1. The first-order chi connectivity index (χ1) is 10.6. The molecule has 0 fully saturated rings. The molecule has 114 valence electrons. The van der Waals surface area contributed by atoms with Crippen molar-refractivity contribution in [3.63, 3.8) is 0 Å². The Labute approximate surface area is 137 Å². The van der Waals surface area contributed by atoms with Gasteiger partial charge in [0.2, 0.25) is 0 Å². The number of hydrogen-bond acceptors (Lipinski definition) is 3. The van der Waals surface area contributed by atoms with Gasteiger partial charge in [0.1, 0.15) is 5.75 Å². The minimum atomic E-state index is -0.246. The molecule has 1 N–H and O–H groups in total. The van der Waals surface area contributed by atoms with Crippen LogP contribution < -0.4 is 10.1 Å². The summed E-state index contributed by atoms with van der Waals surface area (Å²) in [6.45, 7) is 1.76. The van der Waals surface area contributed by atoms with Crippen LogP contribution in [0.15, 0.2) is 53.0 Å². The second-order valence-corrected chi connectivity index (χ2v) is 5.61. The summed E-state index contributed by atoms with van der Waals surface area (Å²) in [6.07, 6.45) is 0.705. The number of benzene rings is 2. The number of rotatable bonds is 6. The van der Waals surface area contributed by atoms with Crippen molar-refractivity contribution in [2.24, 2.45) is 0 Å². The zero-order valence-electron chi connectivity index (χ0n) is 12.1. The number of carbonyl (C=O) groups is 2. The predicted molar refractivity (Wildman–Crippen MR) is 88.0 cm³/mol. The van der Waals surface area contributed by atoms with Crippen molar-refractivity contribution < 1.29 is 14.3 Å². The first-order valence-corrected chi connectivity index (χ1v) is 7.62. The number of carbonyl (C=O) groups excluding carboxylic acids is 2. The summed E-state index contributed by atoms with van der Waals surface area (Å²) in [7, 11) is 0. The van der Waals surface area contributed by atoms with E-state index in [9.17, 15) is 9.59 Å². The highest BCUT2D eigenvalue weighted by Gasteiger charge is 2.13. The van der Waals surface area contributed by atoms with Gasteiger partial charge in [0, 0.05) is 4.47 Å². The Kier molecular flexibility index (Phi) is 5.72. The molecule has 4 nitrogen and oxygen atoms in total. The van der Waals surface area contributed by atoms with E-state index >= 15 is 0 Å². The summed E-state index contributed by atoms with van der Waals surface area (Å²) in [5.41, 5.74) is 1.42. The maximum atomic E-state index is 12.0. The van der Waals surface area contributed by atoms with E-state index in [0.29, 0.717) is 17.6 Å². The van der Waals surface area contributed by atoms with Gasteiger partial charge in [0.05, 0.1) is 11.6 Å². The fourth-order valence-corrected chi connectivity index (χ4v) is 2.67. The van der Waals surface area contributed by atoms with Crippen LogP contribution in [0, 0.1) is 0 Å². The zero-order valence-corrected chi connectivity index (χ0v) is 13.7. The molecule has 0 heterocycles. The van der Waals surface area contributed by atoms with Gasteiger partial charge in [-0.3, -0.25) is 9.59 Å². The normalized spacial score (nSPS) is 11.5. The Bertz CT molecular complexity index is 672.